The van der Waals surface area contributed by atoms with E-state index in [0.29, 0.717) is 17.4 Å². The van der Waals surface area contributed by atoms with Crippen LogP contribution in [0.25, 0.3) is 0 Å². The van der Waals surface area contributed by atoms with E-state index in [9.17, 15) is 14.3 Å². The molecule has 0 aliphatic carbocycles. The van der Waals surface area contributed by atoms with Crippen LogP contribution in [0.5, 0.6) is 0 Å². The molecule has 0 fully saturated rings. The number of carbonyl (C=O) groups is 1. The molecule has 0 aromatic rings. The van der Waals surface area contributed by atoms with E-state index in [0.717, 1.165) is 32.1 Å². The Morgan fingerprint density at radius 3 is 1.45 bits per heavy atom. The van der Waals surface area contributed by atoms with Gasteiger partial charge in [0.2, 0.25) is 0 Å². The van der Waals surface area contributed by atoms with Crippen LogP contribution in [0.2, 0.25) is 0 Å². The number of rotatable bonds is 41. The number of quaternary nitrogens is 1. The van der Waals surface area contributed by atoms with Gasteiger partial charge < -0.3 is 27.9 Å². The first-order valence-corrected chi connectivity index (χ1v) is 23.6. The Bertz CT molecular complexity index is 905. The lowest BCUT2D eigenvalue weighted by molar-refractivity contribution is -0.870. The molecule has 0 N–H and O–H groups in total. The van der Waals surface area contributed by atoms with Crippen LogP contribution in [0.1, 0.15) is 200 Å². The second kappa shape index (κ2) is 37.7. The molecule has 0 aliphatic heterocycles. The van der Waals surface area contributed by atoms with Gasteiger partial charge in [-0.05, 0) is 51.0 Å². The Hall–Kier alpha value is -1.18. The van der Waals surface area contributed by atoms with Crippen molar-refractivity contribution in [2.45, 2.75) is 206 Å². The molecule has 0 amide bonds. The molecular weight excluding hydrogens is 685 g/mol. The zero-order valence-electron chi connectivity index (χ0n) is 35.5. The number of phosphoric ester groups is 1. The van der Waals surface area contributed by atoms with E-state index in [2.05, 4.69) is 26.0 Å². The minimum atomic E-state index is -4.54. The number of allylic oxidation sites excluding steroid dienone is 3. The molecule has 0 aliphatic rings. The average molecular weight is 772 g/mol. The molecule has 0 rings (SSSR count). The predicted molar refractivity (Wildman–Crippen MR) is 222 cm³/mol. The third kappa shape index (κ3) is 41.8. The van der Waals surface area contributed by atoms with Crippen LogP contribution in [0.4, 0.5) is 0 Å². The summed E-state index contributed by atoms with van der Waals surface area (Å²) in [5.74, 6) is -0.359. The number of phosphoric acid groups is 1. The molecule has 2 atom stereocenters. The zero-order chi connectivity index (χ0) is 39.1. The van der Waals surface area contributed by atoms with Crippen LogP contribution >= 0.6 is 7.82 Å². The molecule has 0 heterocycles. The van der Waals surface area contributed by atoms with Gasteiger partial charge in [0.15, 0.2) is 6.10 Å². The molecule has 0 aromatic carbocycles. The summed E-state index contributed by atoms with van der Waals surface area (Å²) < 4.78 is 34.3. The first-order valence-electron chi connectivity index (χ1n) is 22.1. The molecule has 0 spiro atoms. The lowest BCUT2D eigenvalue weighted by Crippen LogP contribution is -2.37. The highest BCUT2D eigenvalue weighted by atomic mass is 31.2. The summed E-state index contributed by atoms with van der Waals surface area (Å²) in [5, 5.41) is 0. The van der Waals surface area contributed by atoms with Crippen LogP contribution in [0.3, 0.4) is 0 Å². The third-order valence-corrected chi connectivity index (χ3v) is 10.5. The van der Waals surface area contributed by atoms with Gasteiger partial charge in [0, 0.05) is 6.42 Å². The fraction of sp³-hybridized carbons (Fsp3) is 0.886. The predicted octanol–water partition coefficient (Wildman–Crippen LogP) is 12.5. The zero-order valence-corrected chi connectivity index (χ0v) is 36.4. The Kier molecular flexibility index (Phi) is 36.9. The smallest absolute Gasteiger partial charge is 0.306 e. The monoisotopic (exact) mass is 772 g/mol. The largest absolute Gasteiger partial charge is 0.756 e. The van der Waals surface area contributed by atoms with Crippen molar-refractivity contribution >= 4 is 13.8 Å². The minimum Gasteiger partial charge on any atom is -0.756 e. The van der Waals surface area contributed by atoms with E-state index in [4.69, 9.17) is 18.5 Å². The van der Waals surface area contributed by atoms with Gasteiger partial charge in [0.1, 0.15) is 19.8 Å². The summed E-state index contributed by atoms with van der Waals surface area (Å²) in [6, 6.07) is 0. The topological polar surface area (TPSA) is 94.1 Å². The van der Waals surface area contributed by atoms with E-state index >= 15 is 0 Å². The molecule has 0 aromatic heterocycles. The Morgan fingerprint density at radius 1 is 0.585 bits per heavy atom. The number of unbranched alkanes of at least 4 members (excludes halogenated alkanes) is 25. The van der Waals surface area contributed by atoms with Gasteiger partial charge in [0.25, 0.3) is 7.82 Å². The van der Waals surface area contributed by atoms with Crippen molar-refractivity contribution in [1.82, 2.24) is 0 Å². The highest BCUT2D eigenvalue weighted by molar-refractivity contribution is 7.45. The third-order valence-electron chi connectivity index (χ3n) is 9.57. The van der Waals surface area contributed by atoms with E-state index in [1.54, 1.807) is 6.26 Å². The maximum absolute atomic E-state index is 12.7. The standard InChI is InChI=1S/C44H86NO7P/c1-6-8-10-12-14-16-18-20-22-23-24-25-27-29-31-33-35-37-44(46)52-43(42-51-53(47,48)50-40-38-45(3,4)5)41-49-39-36-34-32-30-28-26-21-19-17-15-13-11-9-7-2/h20,22,36,39,43H,6-19,21,23-35,37-38,40-42H2,1-5H3/b22-20+,39-36+/t43-/m1/s1. The second-order valence-corrected chi connectivity index (χ2v) is 17.5. The van der Waals surface area contributed by atoms with Crippen LogP contribution in [0, 0.1) is 0 Å². The summed E-state index contributed by atoms with van der Waals surface area (Å²) in [6.07, 6.45) is 42.8. The van der Waals surface area contributed by atoms with Crippen molar-refractivity contribution in [3.63, 3.8) is 0 Å². The van der Waals surface area contributed by atoms with E-state index < -0.39 is 13.9 Å². The van der Waals surface area contributed by atoms with Gasteiger partial charge in [-0.25, -0.2) is 0 Å². The van der Waals surface area contributed by atoms with E-state index in [1.165, 1.54) is 148 Å². The van der Waals surface area contributed by atoms with E-state index in [1.807, 2.05) is 27.2 Å². The fourth-order valence-electron chi connectivity index (χ4n) is 6.09. The summed E-state index contributed by atoms with van der Waals surface area (Å²) in [6.45, 7) is 4.74. The van der Waals surface area contributed by atoms with Crippen molar-refractivity contribution in [2.24, 2.45) is 0 Å². The Labute approximate surface area is 328 Å². The molecule has 0 saturated carbocycles. The van der Waals surface area contributed by atoms with Crippen LogP contribution < -0.4 is 4.89 Å². The number of hydrogen-bond donors (Lipinski definition) is 0. The SMILES string of the molecule is CCCCCCCC/C=C/CCCCCCCCCC(=O)O[C@H](CO/C=C/CCCCCCCCCCCCCC)COP(=O)([O-])OCC[N+](C)(C)C. The van der Waals surface area contributed by atoms with Crippen molar-refractivity contribution < 1.29 is 37.3 Å². The first kappa shape index (κ1) is 51.8. The molecule has 1 unspecified atom stereocenters. The number of nitrogens with zero attached hydrogens (tertiary/aromatic N) is 1. The highest BCUT2D eigenvalue weighted by Crippen LogP contribution is 2.38. The number of carbonyl (C=O) groups excluding carboxylic acids is 1. The van der Waals surface area contributed by atoms with Crippen molar-refractivity contribution in [2.75, 3.05) is 47.5 Å². The van der Waals surface area contributed by atoms with E-state index in [-0.39, 0.29) is 25.8 Å². The summed E-state index contributed by atoms with van der Waals surface area (Å²) in [4.78, 5) is 25.0. The molecule has 8 nitrogen and oxygen atoms in total. The highest BCUT2D eigenvalue weighted by Gasteiger charge is 2.20. The first-order chi connectivity index (χ1) is 25.6. The van der Waals surface area contributed by atoms with Gasteiger partial charge >= 0.3 is 5.97 Å². The minimum absolute atomic E-state index is 0.0173. The van der Waals surface area contributed by atoms with Gasteiger partial charge in [0.05, 0.1) is 34.0 Å². The van der Waals surface area contributed by atoms with Crippen LogP contribution in [-0.4, -0.2) is 64.1 Å². The number of likely N-dealkylation sites (N-methyl/N-ethyl adjacent to an activating group) is 1. The molecule has 0 saturated heterocycles. The summed E-state index contributed by atoms with van der Waals surface area (Å²) in [7, 11) is 1.33. The quantitative estimate of drug-likeness (QED) is 0.0152. The van der Waals surface area contributed by atoms with Gasteiger partial charge in [-0.1, -0.05) is 161 Å². The number of esters is 1. The molecule has 9 heteroatoms. The van der Waals surface area contributed by atoms with Crippen LogP contribution in [0.15, 0.2) is 24.5 Å². The van der Waals surface area contributed by atoms with Crippen molar-refractivity contribution in [3.8, 4) is 0 Å². The fourth-order valence-corrected chi connectivity index (χ4v) is 6.82. The molecule has 0 radical (unpaired) electrons. The average Bonchev–Trinajstić information content (AvgIpc) is 3.11. The second-order valence-electron chi connectivity index (χ2n) is 16.1. The maximum Gasteiger partial charge on any atom is 0.306 e. The lowest BCUT2D eigenvalue weighted by Gasteiger charge is -2.28. The van der Waals surface area contributed by atoms with Gasteiger partial charge in [-0.3, -0.25) is 9.36 Å². The van der Waals surface area contributed by atoms with Crippen molar-refractivity contribution in [1.29, 1.82) is 0 Å². The van der Waals surface area contributed by atoms with Gasteiger partial charge in [-0.15, -0.1) is 0 Å². The number of ether oxygens (including phenoxy) is 2. The van der Waals surface area contributed by atoms with Crippen LogP contribution in [-0.2, 0) is 27.9 Å². The Balaban J connectivity index is 4.27. The summed E-state index contributed by atoms with van der Waals surface area (Å²) >= 11 is 0. The Morgan fingerprint density at radius 2 is 1.00 bits per heavy atom. The molecule has 0 bridgehead atoms. The van der Waals surface area contributed by atoms with Crippen molar-refractivity contribution in [3.05, 3.63) is 24.5 Å². The maximum atomic E-state index is 12.7. The molecular formula is C44H86NO7P. The normalized spacial score (nSPS) is 13.9. The van der Waals surface area contributed by atoms with Gasteiger partial charge in [-0.2, -0.15) is 0 Å². The molecule has 53 heavy (non-hydrogen) atoms. The lowest BCUT2D eigenvalue weighted by atomic mass is 10.0. The molecule has 314 valence electrons. The summed E-state index contributed by atoms with van der Waals surface area (Å²) in [5.41, 5.74) is 0. The number of hydrogen-bond acceptors (Lipinski definition) is 7.